The zero-order valence-electron chi connectivity index (χ0n) is 12.7. The molecule has 1 saturated heterocycles. The van der Waals surface area contributed by atoms with Crippen molar-refractivity contribution in [2.75, 3.05) is 11.9 Å². The van der Waals surface area contributed by atoms with Gasteiger partial charge in [-0.2, -0.15) is 0 Å². The lowest BCUT2D eigenvalue weighted by Crippen LogP contribution is -2.34. The molecule has 1 fully saturated rings. The molecule has 2 heterocycles. The number of non-ortho nitro benzene ring substituents is 1. The van der Waals surface area contributed by atoms with E-state index in [1.807, 2.05) is 12.1 Å². The number of urea groups is 1. The fraction of sp³-hybridized carbons (Fsp3) is 0.250. The number of nitrogens with one attached hydrogen (secondary N) is 1. The molecule has 2 amide bonds. The van der Waals surface area contributed by atoms with E-state index in [1.165, 1.54) is 18.2 Å². The fourth-order valence-electron chi connectivity index (χ4n) is 2.85. The molecule has 1 aromatic carbocycles. The molecule has 1 aliphatic heterocycles. The van der Waals surface area contributed by atoms with Crippen molar-refractivity contribution in [2.24, 2.45) is 0 Å². The highest BCUT2D eigenvalue weighted by molar-refractivity contribution is 6.33. The number of amides is 2. The molecule has 124 valence electrons. The van der Waals surface area contributed by atoms with Crippen LogP contribution in [0.5, 0.6) is 0 Å². The number of hydrogen-bond acceptors (Lipinski definition) is 4. The molecule has 0 spiro atoms. The summed E-state index contributed by atoms with van der Waals surface area (Å²) in [6.45, 7) is 0.642. The molecule has 0 bridgehead atoms. The van der Waals surface area contributed by atoms with E-state index in [-0.39, 0.29) is 22.8 Å². The van der Waals surface area contributed by atoms with Gasteiger partial charge in [0.1, 0.15) is 0 Å². The number of hydrogen-bond donors (Lipinski definition) is 1. The van der Waals surface area contributed by atoms with Gasteiger partial charge >= 0.3 is 6.03 Å². The molecule has 1 aromatic heterocycles. The average molecular weight is 347 g/mol. The first kappa shape index (κ1) is 16.2. The van der Waals surface area contributed by atoms with Gasteiger partial charge in [-0.3, -0.25) is 15.1 Å². The number of likely N-dealkylation sites (tertiary alicyclic amines) is 1. The number of anilines is 1. The Kier molecular flexibility index (Phi) is 4.61. The summed E-state index contributed by atoms with van der Waals surface area (Å²) in [5.41, 5.74) is 1.27. The summed E-state index contributed by atoms with van der Waals surface area (Å²) in [7, 11) is 0. The molecule has 1 N–H and O–H groups in total. The molecule has 0 saturated carbocycles. The third kappa shape index (κ3) is 3.30. The first-order valence-electron chi connectivity index (χ1n) is 7.48. The zero-order chi connectivity index (χ0) is 17.1. The van der Waals surface area contributed by atoms with Crippen molar-refractivity contribution in [3.8, 4) is 0 Å². The van der Waals surface area contributed by atoms with Crippen LogP contribution in [0, 0.1) is 10.1 Å². The van der Waals surface area contributed by atoms with Gasteiger partial charge in [0.2, 0.25) is 0 Å². The van der Waals surface area contributed by atoms with E-state index in [4.69, 9.17) is 11.6 Å². The number of carbonyl (C=O) groups excluding carboxylic acids is 1. The van der Waals surface area contributed by atoms with Gasteiger partial charge in [0.25, 0.3) is 5.69 Å². The fourth-order valence-corrected chi connectivity index (χ4v) is 3.07. The minimum absolute atomic E-state index is 0.00942. The summed E-state index contributed by atoms with van der Waals surface area (Å²) >= 11 is 6.03. The van der Waals surface area contributed by atoms with Crippen molar-refractivity contribution < 1.29 is 9.72 Å². The summed E-state index contributed by atoms with van der Waals surface area (Å²) in [5, 5.41) is 13.6. The topological polar surface area (TPSA) is 88.4 Å². The SMILES string of the molecule is O=C(Nc1ccc([N+](=O)[O-])cc1Cl)N1CCCC1c1ccncc1. The highest BCUT2D eigenvalue weighted by Crippen LogP contribution is 2.33. The Morgan fingerprint density at radius 2 is 2.08 bits per heavy atom. The molecule has 2 aromatic rings. The van der Waals surface area contributed by atoms with Crippen LogP contribution in [0.4, 0.5) is 16.2 Å². The number of pyridine rings is 1. The van der Waals surface area contributed by atoms with Crippen molar-refractivity contribution in [1.82, 2.24) is 9.88 Å². The number of nitrogens with zero attached hydrogens (tertiary/aromatic N) is 3. The van der Waals surface area contributed by atoms with E-state index >= 15 is 0 Å². The number of aromatic nitrogens is 1. The normalized spacial score (nSPS) is 16.9. The van der Waals surface area contributed by atoms with Crippen LogP contribution in [0.1, 0.15) is 24.4 Å². The van der Waals surface area contributed by atoms with E-state index in [0.717, 1.165) is 18.4 Å². The smallest absolute Gasteiger partial charge is 0.317 e. The van der Waals surface area contributed by atoms with Crippen LogP contribution in [-0.2, 0) is 0 Å². The second kappa shape index (κ2) is 6.84. The highest BCUT2D eigenvalue weighted by Gasteiger charge is 2.30. The van der Waals surface area contributed by atoms with Crippen LogP contribution in [0.25, 0.3) is 0 Å². The molecular weight excluding hydrogens is 332 g/mol. The van der Waals surface area contributed by atoms with Crippen LogP contribution in [0.15, 0.2) is 42.7 Å². The van der Waals surface area contributed by atoms with Crippen LogP contribution >= 0.6 is 11.6 Å². The molecule has 7 nitrogen and oxygen atoms in total. The second-order valence-corrected chi connectivity index (χ2v) is 5.89. The highest BCUT2D eigenvalue weighted by atomic mass is 35.5. The monoisotopic (exact) mass is 346 g/mol. The molecule has 1 unspecified atom stereocenters. The Morgan fingerprint density at radius 1 is 1.33 bits per heavy atom. The van der Waals surface area contributed by atoms with Crippen LogP contribution in [-0.4, -0.2) is 27.4 Å². The zero-order valence-corrected chi connectivity index (χ0v) is 13.4. The number of carbonyl (C=O) groups is 1. The van der Waals surface area contributed by atoms with Gasteiger partial charge in [-0.25, -0.2) is 4.79 Å². The largest absolute Gasteiger partial charge is 0.322 e. The lowest BCUT2D eigenvalue weighted by Gasteiger charge is -2.25. The predicted octanol–water partition coefficient (Wildman–Crippen LogP) is 4.01. The van der Waals surface area contributed by atoms with E-state index in [1.54, 1.807) is 17.3 Å². The molecule has 0 radical (unpaired) electrons. The minimum Gasteiger partial charge on any atom is -0.317 e. The minimum atomic E-state index is -0.530. The van der Waals surface area contributed by atoms with Crippen LogP contribution < -0.4 is 5.32 Å². The van der Waals surface area contributed by atoms with Gasteiger partial charge in [0.15, 0.2) is 0 Å². The van der Waals surface area contributed by atoms with Gasteiger partial charge in [0.05, 0.1) is 21.7 Å². The van der Waals surface area contributed by atoms with E-state index in [0.29, 0.717) is 12.2 Å². The Labute approximate surface area is 143 Å². The van der Waals surface area contributed by atoms with Gasteiger partial charge < -0.3 is 10.2 Å². The number of nitro benzene ring substituents is 1. The quantitative estimate of drug-likeness (QED) is 0.671. The second-order valence-electron chi connectivity index (χ2n) is 5.48. The van der Waals surface area contributed by atoms with Crippen molar-refractivity contribution in [3.63, 3.8) is 0 Å². The Morgan fingerprint density at radius 3 is 2.75 bits per heavy atom. The lowest BCUT2D eigenvalue weighted by atomic mass is 10.1. The maximum atomic E-state index is 12.6. The van der Waals surface area contributed by atoms with Crippen LogP contribution in [0.2, 0.25) is 5.02 Å². The van der Waals surface area contributed by atoms with Gasteiger partial charge in [0, 0.05) is 31.1 Å². The number of rotatable bonds is 3. The molecule has 3 rings (SSSR count). The van der Waals surface area contributed by atoms with Crippen molar-refractivity contribution in [3.05, 3.63) is 63.4 Å². The van der Waals surface area contributed by atoms with E-state index in [9.17, 15) is 14.9 Å². The number of halogens is 1. The molecule has 0 aliphatic carbocycles. The molecule has 24 heavy (non-hydrogen) atoms. The standard InChI is InChI=1S/C16H15ClN4O3/c17-13-10-12(21(23)24)3-4-14(13)19-16(22)20-9-1-2-15(20)11-5-7-18-8-6-11/h3-8,10,15H,1-2,9H2,(H,19,22). The third-order valence-electron chi connectivity index (χ3n) is 4.01. The number of benzene rings is 1. The van der Waals surface area contributed by atoms with E-state index in [2.05, 4.69) is 10.3 Å². The van der Waals surface area contributed by atoms with Gasteiger partial charge in [-0.15, -0.1) is 0 Å². The first-order chi connectivity index (χ1) is 11.6. The summed E-state index contributed by atoms with van der Waals surface area (Å²) in [6.07, 6.45) is 5.20. The van der Waals surface area contributed by atoms with Crippen molar-refractivity contribution in [2.45, 2.75) is 18.9 Å². The summed E-state index contributed by atoms with van der Waals surface area (Å²) in [5.74, 6) is 0. The van der Waals surface area contributed by atoms with Crippen LogP contribution in [0.3, 0.4) is 0 Å². The Hall–Kier alpha value is -2.67. The summed E-state index contributed by atoms with van der Waals surface area (Å²) < 4.78 is 0. The first-order valence-corrected chi connectivity index (χ1v) is 7.85. The number of nitro groups is 1. The average Bonchev–Trinajstić information content (AvgIpc) is 3.07. The maximum absolute atomic E-state index is 12.6. The Balaban J connectivity index is 1.76. The summed E-state index contributed by atoms with van der Waals surface area (Å²) in [6, 6.07) is 7.49. The Bertz CT molecular complexity index is 769. The van der Waals surface area contributed by atoms with Crippen molar-refractivity contribution in [1.29, 1.82) is 0 Å². The third-order valence-corrected chi connectivity index (χ3v) is 4.32. The molecule has 1 atom stereocenters. The molecule has 1 aliphatic rings. The van der Waals surface area contributed by atoms with Gasteiger partial charge in [-0.05, 0) is 36.6 Å². The summed E-state index contributed by atoms with van der Waals surface area (Å²) in [4.78, 5) is 28.5. The van der Waals surface area contributed by atoms with Crippen molar-refractivity contribution >= 4 is 29.0 Å². The predicted molar refractivity (Wildman–Crippen MR) is 90.0 cm³/mol. The van der Waals surface area contributed by atoms with Gasteiger partial charge in [-0.1, -0.05) is 11.6 Å². The van der Waals surface area contributed by atoms with E-state index < -0.39 is 4.92 Å². The molecule has 8 heteroatoms. The molecular formula is C16H15ClN4O3. The maximum Gasteiger partial charge on any atom is 0.322 e. The lowest BCUT2D eigenvalue weighted by molar-refractivity contribution is -0.384.